The number of ether oxygens (including phenoxy) is 1. The average Bonchev–Trinajstić information content (AvgIpc) is 2.71. The first kappa shape index (κ1) is 19.9. The molecule has 1 fully saturated rings. The molecule has 2 amide bonds. The fourth-order valence-electron chi connectivity index (χ4n) is 3.87. The summed E-state index contributed by atoms with van der Waals surface area (Å²) < 4.78 is 5.43. The molecule has 28 heavy (non-hydrogen) atoms. The number of nitrogens with zero attached hydrogens (tertiary/aromatic N) is 1. The Hall–Kier alpha value is -2.82. The normalized spacial score (nSPS) is 19.1. The molecule has 0 spiro atoms. The first-order valence-corrected chi connectivity index (χ1v) is 9.87. The van der Waals surface area contributed by atoms with Gasteiger partial charge in [0, 0.05) is 18.8 Å². The van der Waals surface area contributed by atoms with Gasteiger partial charge in [-0.1, -0.05) is 48.5 Å². The van der Waals surface area contributed by atoms with E-state index in [0.717, 1.165) is 29.7 Å². The highest BCUT2D eigenvalue weighted by Gasteiger charge is 2.44. The molecule has 0 bridgehead atoms. The maximum absolute atomic E-state index is 12.9. The summed E-state index contributed by atoms with van der Waals surface area (Å²) in [4.78, 5) is 27.6. The van der Waals surface area contributed by atoms with Gasteiger partial charge in [0.2, 0.25) is 0 Å². The Morgan fingerprint density at radius 3 is 2.54 bits per heavy atom. The number of para-hydroxylation sites is 1. The van der Waals surface area contributed by atoms with Crippen LogP contribution in [-0.4, -0.2) is 36.6 Å². The third-order valence-corrected chi connectivity index (χ3v) is 5.34. The van der Waals surface area contributed by atoms with Crippen molar-refractivity contribution < 1.29 is 14.3 Å². The monoisotopic (exact) mass is 380 g/mol. The Kier molecular flexibility index (Phi) is 6.34. The number of hydrogen-bond donors (Lipinski definition) is 1. The number of likely N-dealkylation sites (tertiary alicyclic amines) is 1. The molecule has 5 heteroatoms. The number of anilines is 1. The second-order valence-electron chi connectivity index (χ2n) is 7.43. The molecule has 1 saturated heterocycles. The lowest BCUT2D eigenvalue weighted by molar-refractivity contribution is -0.158. The van der Waals surface area contributed by atoms with Crippen LogP contribution in [0.4, 0.5) is 10.5 Å². The molecule has 0 unspecified atom stereocenters. The van der Waals surface area contributed by atoms with Crippen molar-refractivity contribution in [3.8, 4) is 0 Å². The number of nitrogens with one attached hydrogen (secondary N) is 1. The maximum atomic E-state index is 12.9. The van der Waals surface area contributed by atoms with Crippen molar-refractivity contribution in [2.75, 3.05) is 25.0 Å². The summed E-state index contributed by atoms with van der Waals surface area (Å²) in [5.74, 6) is -0.216. The van der Waals surface area contributed by atoms with Crippen molar-refractivity contribution in [2.24, 2.45) is 5.41 Å². The van der Waals surface area contributed by atoms with Crippen LogP contribution in [0.15, 0.2) is 54.6 Å². The Labute approximate surface area is 166 Å². The zero-order chi connectivity index (χ0) is 20.0. The fourth-order valence-corrected chi connectivity index (χ4v) is 3.87. The lowest BCUT2D eigenvalue weighted by atomic mass is 9.75. The standard InChI is InChI=1S/C23H28N2O3/c1-3-28-21(26)23(16-19-11-5-4-6-12-19)14-9-15-25(17-23)22(27)24-20-13-8-7-10-18(20)2/h4-8,10-13H,3,9,14-17H2,1-2H3,(H,24,27)/t23-/m0/s1. The van der Waals surface area contributed by atoms with Crippen molar-refractivity contribution in [2.45, 2.75) is 33.1 Å². The van der Waals surface area contributed by atoms with Gasteiger partial charge in [-0.25, -0.2) is 4.79 Å². The van der Waals surface area contributed by atoms with Gasteiger partial charge in [0.1, 0.15) is 0 Å². The zero-order valence-electron chi connectivity index (χ0n) is 16.6. The first-order chi connectivity index (χ1) is 13.5. The zero-order valence-corrected chi connectivity index (χ0v) is 16.6. The minimum atomic E-state index is -0.710. The van der Waals surface area contributed by atoms with Gasteiger partial charge in [-0.3, -0.25) is 4.79 Å². The number of amides is 2. The SMILES string of the molecule is CCOC(=O)[C@]1(Cc2ccccc2)CCCN(C(=O)Nc2ccccc2C)C1. The molecule has 0 radical (unpaired) electrons. The summed E-state index contributed by atoms with van der Waals surface area (Å²) in [6.45, 7) is 5.11. The van der Waals surface area contributed by atoms with Crippen molar-refractivity contribution in [3.63, 3.8) is 0 Å². The summed E-state index contributed by atoms with van der Waals surface area (Å²) in [7, 11) is 0. The minimum absolute atomic E-state index is 0.171. The van der Waals surface area contributed by atoms with Crippen LogP contribution in [0.25, 0.3) is 0 Å². The summed E-state index contributed by atoms with van der Waals surface area (Å²) in [5, 5.41) is 2.99. The molecule has 1 atom stereocenters. The van der Waals surface area contributed by atoms with E-state index in [4.69, 9.17) is 4.74 Å². The summed E-state index contributed by atoms with van der Waals surface area (Å²) in [6.07, 6.45) is 2.06. The van der Waals surface area contributed by atoms with E-state index in [9.17, 15) is 9.59 Å². The molecular formula is C23H28N2O3. The number of rotatable bonds is 5. The molecule has 2 aromatic carbocycles. The third-order valence-electron chi connectivity index (χ3n) is 5.34. The predicted octanol–water partition coefficient (Wildman–Crippen LogP) is 4.41. The highest BCUT2D eigenvalue weighted by Crippen LogP contribution is 2.35. The Morgan fingerprint density at radius 2 is 1.82 bits per heavy atom. The average molecular weight is 380 g/mol. The van der Waals surface area contributed by atoms with Gasteiger partial charge in [0.25, 0.3) is 0 Å². The van der Waals surface area contributed by atoms with Crippen molar-refractivity contribution in [1.82, 2.24) is 4.90 Å². The summed E-state index contributed by atoms with van der Waals surface area (Å²) >= 11 is 0. The van der Waals surface area contributed by atoms with Crippen molar-refractivity contribution in [1.29, 1.82) is 0 Å². The van der Waals surface area contributed by atoms with E-state index in [1.807, 2.05) is 68.4 Å². The third kappa shape index (κ3) is 4.53. The van der Waals surface area contributed by atoms with Gasteiger partial charge in [-0.2, -0.15) is 0 Å². The van der Waals surface area contributed by atoms with E-state index in [0.29, 0.717) is 26.1 Å². The molecule has 1 aliphatic rings. The van der Waals surface area contributed by atoms with Crippen LogP contribution in [0, 0.1) is 12.3 Å². The Balaban J connectivity index is 1.80. The molecule has 1 aliphatic heterocycles. The molecule has 0 aliphatic carbocycles. The number of hydrogen-bond acceptors (Lipinski definition) is 3. The highest BCUT2D eigenvalue weighted by molar-refractivity contribution is 5.91. The van der Waals surface area contributed by atoms with Gasteiger partial charge < -0.3 is 15.0 Å². The first-order valence-electron chi connectivity index (χ1n) is 9.87. The highest BCUT2D eigenvalue weighted by atomic mass is 16.5. The molecule has 148 valence electrons. The Morgan fingerprint density at radius 1 is 1.11 bits per heavy atom. The molecule has 0 saturated carbocycles. The maximum Gasteiger partial charge on any atom is 0.321 e. The number of urea groups is 1. The van der Waals surface area contributed by atoms with Crippen molar-refractivity contribution in [3.05, 3.63) is 65.7 Å². The number of piperidine rings is 1. The van der Waals surface area contributed by atoms with Crippen LogP contribution in [0.5, 0.6) is 0 Å². The van der Waals surface area contributed by atoms with E-state index >= 15 is 0 Å². The number of carbonyl (C=O) groups excluding carboxylic acids is 2. The predicted molar refractivity (Wildman–Crippen MR) is 110 cm³/mol. The van der Waals surface area contributed by atoms with E-state index in [1.165, 1.54) is 0 Å². The van der Waals surface area contributed by atoms with Crippen molar-refractivity contribution >= 4 is 17.7 Å². The molecule has 0 aromatic heterocycles. The summed E-state index contributed by atoms with van der Waals surface area (Å²) in [5.41, 5.74) is 2.17. The van der Waals surface area contributed by atoms with Crippen LogP contribution < -0.4 is 5.32 Å². The van der Waals surface area contributed by atoms with Crippen LogP contribution in [0.2, 0.25) is 0 Å². The van der Waals surface area contributed by atoms with Crippen LogP contribution in [0.3, 0.4) is 0 Å². The van der Waals surface area contributed by atoms with Gasteiger partial charge in [0.05, 0.1) is 12.0 Å². The van der Waals surface area contributed by atoms with Gasteiger partial charge in [-0.15, -0.1) is 0 Å². The van der Waals surface area contributed by atoms with E-state index < -0.39 is 5.41 Å². The molecule has 2 aromatic rings. The van der Waals surface area contributed by atoms with Crippen LogP contribution in [0.1, 0.15) is 30.9 Å². The molecule has 1 heterocycles. The quantitative estimate of drug-likeness (QED) is 0.782. The lowest BCUT2D eigenvalue weighted by Crippen LogP contribution is -2.52. The topological polar surface area (TPSA) is 58.6 Å². The van der Waals surface area contributed by atoms with Gasteiger partial charge >= 0.3 is 12.0 Å². The van der Waals surface area contributed by atoms with E-state index in [-0.39, 0.29) is 12.0 Å². The molecule has 1 N–H and O–H groups in total. The second-order valence-corrected chi connectivity index (χ2v) is 7.43. The smallest absolute Gasteiger partial charge is 0.321 e. The minimum Gasteiger partial charge on any atom is -0.466 e. The van der Waals surface area contributed by atoms with Gasteiger partial charge in [0.15, 0.2) is 0 Å². The number of aryl methyl sites for hydroxylation is 1. The molecule has 5 nitrogen and oxygen atoms in total. The molecular weight excluding hydrogens is 352 g/mol. The lowest BCUT2D eigenvalue weighted by Gasteiger charge is -2.41. The largest absolute Gasteiger partial charge is 0.466 e. The number of benzene rings is 2. The van der Waals surface area contributed by atoms with Gasteiger partial charge in [-0.05, 0) is 50.3 Å². The number of carbonyl (C=O) groups is 2. The second kappa shape index (κ2) is 8.91. The number of esters is 1. The molecule has 3 rings (SSSR count). The summed E-state index contributed by atoms with van der Waals surface area (Å²) in [6, 6.07) is 17.5. The Bertz CT molecular complexity index is 822. The van der Waals surface area contributed by atoms with Crippen LogP contribution >= 0.6 is 0 Å². The van der Waals surface area contributed by atoms with E-state index in [1.54, 1.807) is 4.90 Å². The fraction of sp³-hybridized carbons (Fsp3) is 0.391. The van der Waals surface area contributed by atoms with Crippen LogP contribution in [-0.2, 0) is 16.0 Å². The van der Waals surface area contributed by atoms with E-state index in [2.05, 4.69) is 5.32 Å².